The van der Waals surface area contributed by atoms with E-state index in [0.29, 0.717) is 39.0 Å². The van der Waals surface area contributed by atoms with Gasteiger partial charge in [0.25, 0.3) is 0 Å². The number of hydrogen-bond acceptors (Lipinski definition) is 8. The minimum Gasteiger partial charge on any atom is -0.465 e. The van der Waals surface area contributed by atoms with Crippen molar-refractivity contribution < 1.29 is 33.4 Å². The fourth-order valence-corrected chi connectivity index (χ4v) is 5.60. The number of nitrogens with two attached hydrogens (primary N) is 2. The molecule has 0 saturated heterocycles. The third-order valence-corrected chi connectivity index (χ3v) is 8.73. The number of unbranched alkanes of at least 4 members (excludes halogenated alkanes) is 14. The molecule has 0 aliphatic rings. The molecular weight excluding hydrogens is 672 g/mol. The number of nitrogens with one attached hydrogen (secondary N) is 1. The van der Waals surface area contributed by atoms with E-state index in [-0.39, 0.29) is 42.9 Å². The molecule has 0 spiro atoms. The molecule has 314 valence electrons. The van der Waals surface area contributed by atoms with Crippen molar-refractivity contribution in [1.29, 1.82) is 0 Å². The summed E-state index contributed by atoms with van der Waals surface area (Å²) >= 11 is 0. The van der Waals surface area contributed by atoms with Gasteiger partial charge in [0.2, 0.25) is 6.41 Å². The van der Waals surface area contributed by atoms with Crippen LogP contribution in [-0.4, -0.2) is 63.2 Å². The molecule has 0 saturated carbocycles. The number of hydrogen-bond donors (Lipinski definition) is 3. The van der Waals surface area contributed by atoms with E-state index in [1.165, 1.54) is 83.5 Å². The molecule has 2 unspecified atom stereocenters. The van der Waals surface area contributed by atoms with Gasteiger partial charge < -0.3 is 31.0 Å². The van der Waals surface area contributed by atoms with Crippen molar-refractivity contribution in [2.24, 2.45) is 28.3 Å². The third-order valence-electron chi connectivity index (χ3n) is 8.73. The lowest BCUT2D eigenvalue weighted by Gasteiger charge is -2.16. The molecule has 0 heterocycles. The lowest BCUT2D eigenvalue weighted by atomic mass is 9.94. The maximum Gasteiger partial charge on any atom is 0.325 e. The van der Waals surface area contributed by atoms with Crippen molar-refractivity contribution in [3.63, 3.8) is 0 Å². The Morgan fingerprint density at radius 2 is 0.906 bits per heavy atom. The van der Waals surface area contributed by atoms with Crippen LogP contribution in [0.3, 0.4) is 0 Å². The van der Waals surface area contributed by atoms with Gasteiger partial charge in [0.15, 0.2) is 5.96 Å². The second kappa shape index (κ2) is 45.3. The summed E-state index contributed by atoms with van der Waals surface area (Å²) in [5.41, 5.74) is 9.86. The van der Waals surface area contributed by atoms with Gasteiger partial charge in [-0.25, -0.2) is 0 Å². The normalized spacial score (nSPS) is 11.4. The Hall–Kier alpha value is -2.85. The van der Waals surface area contributed by atoms with Crippen molar-refractivity contribution in [1.82, 2.24) is 5.32 Å². The predicted octanol–water partition coefficient (Wildman–Crippen LogP) is 9.32. The molecule has 11 heteroatoms. The number of carbonyl (C=O) groups is 4. The molecule has 0 aliphatic carbocycles. The standard InChI is InChI=1S/C23H43NO5.C16H32O2.C3H9N3/c1-3-5-7-9-10-12-16-21(15-11-8-6-4-2)23(27)29-18-14-13-17-28-22(26)19-24-20-25;1-4-7-9-11-14-18-16(17)15(12-6-3)13-10-8-5-2;1-2-6-3(4)5/h20-21H,3-19H2,1-2H3,(H,24,25);15H,4-14H2,1-3H3;2H2,1H3,(H4,4,5,6). The number of aliphatic imine (C=N–C) groups is 1. The van der Waals surface area contributed by atoms with Crippen molar-refractivity contribution >= 4 is 30.3 Å². The Labute approximate surface area is 325 Å². The highest BCUT2D eigenvalue weighted by Gasteiger charge is 2.20. The summed E-state index contributed by atoms with van der Waals surface area (Å²) in [5.74, 6) is -0.151. The number of esters is 3. The van der Waals surface area contributed by atoms with Gasteiger partial charge in [-0.1, -0.05) is 144 Å². The first-order valence-electron chi connectivity index (χ1n) is 21.4. The quantitative estimate of drug-likeness (QED) is 0.0144. The summed E-state index contributed by atoms with van der Waals surface area (Å²) in [7, 11) is 0. The summed E-state index contributed by atoms with van der Waals surface area (Å²) in [6.07, 6.45) is 27.0. The van der Waals surface area contributed by atoms with Gasteiger partial charge in [0.1, 0.15) is 6.54 Å². The van der Waals surface area contributed by atoms with Gasteiger partial charge in [-0.2, -0.15) is 0 Å². The topological polar surface area (TPSA) is 172 Å². The van der Waals surface area contributed by atoms with E-state index in [0.717, 1.165) is 57.8 Å². The lowest BCUT2D eigenvalue weighted by molar-refractivity contribution is -0.150. The summed E-state index contributed by atoms with van der Waals surface area (Å²) in [6, 6.07) is 0. The van der Waals surface area contributed by atoms with Crippen molar-refractivity contribution in [2.45, 2.75) is 196 Å². The molecule has 1 amide bonds. The molecule has 0 rings (SSSR count). The largest absolute Gasteiger partial charge is 0.465 e. The third kappa shape index (κ3) is 43.4. The minimum atomic E-state index is -0.458. The average Bonchev–Trinajstić information content (AvgIpc) is 3.14. The molecule has 0 aromatic rings. The molecule has 11 nitrogen and oxygen atoms in total. The summed E-state index contributed by atoms with van der Waals surface area (Å²) in [6.45, 7) is 14.6. The molecule has 5 N–H and O–H groups in total. The lowest BCUT2D eigenvalue weighted by Crippen LogP contribution is -2.23. The molecule has 0 aliphatic heterocycles. The smallest absolute Gasteiger partial charge is 0.325 e. The Morgan fingerprint density at radius 1 is 0.528 bits per heavy atom. The van der Waals surface area contributed by atoms with Gasteiger partial charge in [0, 0.05) is 6.54 Å². The van der Waals surface area contributed by atoms with Crippen LogP contribution in [0.2, 0.25) is 0 Å². The molecule has 2 atom stereocenters. The Morgan fingerprint density at radius 3 is 1.34 bits per heavy atom. The first-order valence-corrected chi connectivity index (χ1v) is 21.4. The van der Waals surface area contributed by atoms with Gasteiger partial charge in [0.05, 0.1) is 31.7 Å². The van der Waals surface area contributed by atoms with Crippen molar-refractivity contribution in [3.05, 3.63) is 0 Å². The average molecular weight is 757 g/mol. The summed E-state index contributed by atoms with van der Waals surface area (Å²) in [4.78, 5) is 49.4. The van der Waals surface area contributed by atoms with Crippen LogP contribution >= 0.6 is 0 Å². The highest BCUT2D eigenvalue weighted by Crippen LogP contribution is 2.21. The Kier molecular flexibility index (Phi) is 46.6. The van der Waals surface area contributed by atoms with Crippen LogP contribution in [0, 0.1) is 11.8 Å². The first-order chi connectivity index (χ1) is 25.7. The highest BCUT2D eigenvalue weighted by molar-refractivity contribution is 5.75. The summed E-state index contributed by atoms with van der Waals surface area (Å²) in [5, 5.41) is 2.26. The van der Waals surface area contributed by atoms with E-state index in [9.17, 15) is 19.2 Å². The van der Waals surface area contributed by atoms with E-state index in [4.69, 9.17) is 25.7 Å². The molecule has 53 heavy (non-hydrogen) atoms. The van der Waals surface area contributed by atoms with E-state index in [2.05, 4.69) is 44.9 Å². The molecule has 0 aromatic carbocycles. The van der Waals surface area contributed by atoms with Crippen molar-refractivity contribution in [2.75, 3.05) is 32.9 Å². The monoisotopic (exact) mass is 757 g/mol. The zero-order valence-corrected chi connectivity index (χ0v) is 35.2. The van der Waals surface area contributed by atoms with Crippen molar-refractivity contribution in [3.8, 4) is 0 Å². The fraction of sp³-hybridized carbons (Fsp3) is 0.881. The second-order valence-electron chi connectivity index (χ2n) is 13.8. The maximum atomic E-state index is 12.5. The number of ether oxygens (including phenoxy) is 3. The number of guanidine groups is 1. The minimum absolute atomic E-state index is 0.0188. The van der Waals surface area contributed by atoms with Gasteiger partial charge in [-0.05, 0) is 51.9 Å². The number of nitrogens with zero attached hydrogens (tertiary/aromatic N) is 1. The van der Waals surface area contributed by atoms with Crippen LogP contribution in [0.5, 0.6) is 0 Å². The van der Waals surface area contributed by atoms with E-state index in [1.807, 2.05) is 6.92 Å². The van der Waals surface area contributed by atoms with Crippen LogP contribution in [0.25, 0.3) is 0 Å². The van der Waals surface area contributed by atoms with Crippen LogP contribution < -0.4 is 16.8 Å². The van der Waals surface area contributed by atoms with Crippen LogP contribution in [0.1, 0.15) is 196 Å². The Bertz CT molecular complexity index is 853. The van der Waals surface area contributed by atoms with Crippen LogP contribution in [0.15, 0.2) is 4.99 Å². The zero-order valence-electron chi connectivity index (χ0n) is 35.2. The van der Waals surface area contributed by atoms with Crippen LogP contribution in [0.4, 0.5) is 0 Å². The number of carbonyl (C=O) groups excluding carboxylic acids is 4. The zero-order chi connectivity index (χ0) is 40.2. The SMILES string of the molecule is CCCCCCCCC(CCCCCC)C(=O)OCCCCOC(=O)CNC=O.CCCCCCOC(=O)C(CCC)CCCCC.CCN=C(N)N. The molecule has 0 radical (unpaired) electrons. The maximum absolute atomic E-state index is 12.5. The van der Waals surface area contributed by atoms with E-state index < -0.39 is 5.97 Å². The number of amides is 1. The predicted molar refractivity (Wildman–Crippen MR) is 219 cm³/mol. The molecular formula is C42H84N4O7. The van der Waals surface area contributed by atoms with E-state index >= 15 is 0 Å². The van der Waals surface area contributed by atoms with Gasteiger partial charge >= 0.3 is 17.9 Å². The summed E-state index contributed by atoms with van der Waals surface area (Å²) < 4.78 is 15.9. The van der Waals surface area contributed by atoms with Gasteiger partial charge in [-0.15, -0.1) is 0 Å². The van der Waals surface area contributed by atoms with Crippen LogP contribution in [-0.2, 0) is 33.4 Å². The molecule has 0 bridgehead atoms. The molecule has 0 fully saturated rings. The van der Waals surface area contributed by atoms with E-state index in [1.54, 1.807) is 0 Å². The Balaban J connectivity index is -0.000000879. The second-order valence-corrected chi connectivity index (χ2v) is 13.8. The number of rotatable bonds is 34. The first kappa shape index (κ1) is 54.5. The van der Waals surface area contributed by atoms with Gasteiger partial charge in [-0.3, -0.25) is 24.2 Å². The highest BCUT2D eigenvalue weighted by atomic mass is 16.5. The molecule has 0 aromatic heterocycles. The fourth-order valence-electron chi connectivity index (χ4n) is 5.60.